The number of amides is 3. The molecule has 0 aliphatic carbocycles. The fraction of sp³-hybridized carbons (Fsp3) is 0.238. The molecular formula is C21H19ClN2O5. The number of carbonyl (C=O) groups excluding carboxylic acids is 4. The van der Waals surface area contributed by atoms with Gasteiger partial charge < -0.3 is 10.1 Å². The number of fused-ring (bicyclic) bond motifs is 1. The molecule has 2 aromatic rings. The number of halogens is 1. The normalized spacial score (nSPS) is 13.9. The molecule has 3 amide bonds. The van der Waals surface area contributed by atoms with Crippen LogP contribution in [0, 0.1) is 13.8 Å². The molecule has 1 aliphatic heterocycles. The predicted octanol–water partition coefficient (Wildman–Crippen LogP) is 3.12. The van der Waals surface area contributed by atoms with Crippen LogP contribution in [0.15, 0.2) is 36.4 Å². The zero-order valence-corrected chi connectivity index (χ0v) is 16.9. The van der Waals surface area contributed by atoms with Crippen molar-refractivity contribution in [2.75, 3.05) is 11.9 Å². The topological polar surface area (TPSA) is 92.8 Å². The number of aryl methyl sites for hydroxylation is 2. The molecule has 1 atom stereocenters. The summed E-state index contributed by atoms with van der Waals surface area (Å²) in [5.74, 6) is -2.57. The second-order valence-corrected chi connectivity index (χ2v) is 7.25. The number of rotatable bonds is 5. The molecule has 0 saturated carbocycles. The van der Waals surface area contributed by atoms with E-state index in [1.54, 1.807) is 43.3 Å². The summed E-state index contributed by atoms with van der Waals surface area (Å²) >= 11 is 6.06. The molecule has 0 bridgehead atoms. The average Bonchev–Trinajstić information content (AvgIpc) is 2.91. The van der Waals surface area contributed by atoms with Crippen LogP contribution in [0.1, 0.15) is 38.8 Å². The van der Waals surface area contributed by atoms with E-state index in [2.05, 4.69) is 5.32 Å². The first-order valence-electron chi connectivity index (χ1n) is 8.90. The number of benzene rings is 2. The lowest BCUT2D eigenvalue weighted by atomic mass is 10.1. The molecule has 0 aromatic heterocycles. The summed E-state index contributed by atoms with van der Waals surface area (Å²) < 4.78 is 4.99. The van der Waals surface area contributed by atoms with Crippen molar-refractivity contribution in [3.8, 4) is 0 Å². The van der Waals surface area contributed by atoms with E-state index in [0.29, 0.717) is 10.7 Å². The predicted molar refractivity (Wildman–Crippen MR) is 107 cm³/mol. The molecule has 1 unspecified atom stereocenters. The Morgan fingerprint density at radius 2 is 1.66 bits per heavy atom. The molecule has 150 valence electrons. The van der Waals surface area contributed by atoms with Gasteiger partial charge in [0.25, 0.3) is 17.7 Å². The van der Waals surface area contributed by atoms with Crippen LogP contribution >= 0.6 is 11.6 Å². The quantitative estimate of drug-likeness (QED) is 0.599. The van der Waals surface area contributed by atoms with E-state index < -0.39 is 36.3 Å². The van der Waals surface area contributed by atoms with E-state index in [1.807, 2.05) is 6.92 Å². The first-order valence-corrected chi connectivity index (χ1v) is 9.28. The Balaban J connectivity index is 1.62. The van der Waals surface area contributed by atoms with Gasteiger partial charge in [0.05, 0.1) is 21.8 Å². The van der Waals surface area contributed by atoms with Crippen molar-refractivity contribution < 1.29 is 23.9 Å². The SMILES string of the molecule is Cc1ccc(NC(=O)COC(=O)C(C)N2C(=O)c3ccc(C)cc3C2=O)c(Cl)c1. The Kier molecular flexibility index (Phi) is 5.70. The lowest BCUT2D eigenvalue weighted by Gasteiger charge is -2.20. The van der Waals surface area contributed by atoms with Gasteiger partial charge in [-0.3, -0.25) is 19.3 Å². The highest BCUT2D eigenvalue weighted by molar-refractivity contribution is 6.33. The van der Waals surface area contributed by atoms with Crippen LogP contribution in [-0.2, 0) is 14.3 Å². The average molecular weight is 415 g/mol. The van der Waals surface area contributed by atoms with Gasteiger partial charge in [-0.05, 0) is 50.6 Å². The summed E-state index contributed by atoms with van der Waals surface area (Å²) in [7, 11) is 0. The van der Waals surface area contributed by atoms with Crippen LogP contribution in [0.25, 0.3) is 0 Å². The molecule has 7 nitrogen and oxygen atoms in total. The number of imide groups is 1. The van der Waals surface area contributed by atoms with E-state index in [-0.39, 0.29) is 11.1 Å². The molecule has 1 heterocycles. The van der Waals surface area contributed by atoms with Gasteiger partial charge in [0, 0.05) is 0 Å². The summed E-state index contributed by atoms with van der Waals surface area (Å²) in [4.78, 5) is 50.3. The van der Waals surface area contributed by atoms with E-state index in [1.165, 1.54) is 6.92 Å². The third kappa shape index (κ3) is 4.14. The van der Waals surface area contributed by atoms with Crippen LogP contribution in [0.4, 0.5) is 5.69 Å². The maximum absolute atomic E-state index is 12.6. The molecule has 1 N–H and O–H groups in total. The van der Waals surface area contributed by atoms with Crippen LogP contribution in [-0.4, -0.2) is 41.2 Å². The van der Waals surface area contributed by atoms with Crippen molar-refractivity contribution in [2.45, 2.75) is 26.8 Å². The lowest BCUT2D eigenvalue weighted by Crippen LogP contribution is -2.44. The van der Waals surface area contributed by atoms with Crippen molar-refractivity contribution in [1.29, 1.82) is 0 Å². The summed E-state index contributed by atoms with van der Waals surface area (Å²) in [5, 5.41) is 2.90. The molecule has 3 rings (SSSR count). The summed E-state index contributed by atoms with van der Waals surface area (Å²) in [5.41, 5.74) is 2.65. The number of hydrogen-bond acceptors (Lipinski definition) is 5. The van der Waals surface area contributed by atoms with Gasteiger partial charge in [-0.2, -0.15) is 0 Å². The van der Waals surface area contributed by atoms with Gasteiger partial charge in [-0.25, -0.2) is 4.79 Å². The molecule has 2 aromatic carbocycles. The zero-order chi connectivity index (χ0) is 21.3. The van der Waals surface area contributed by atoms with E-state index in [4.69, 9.17) is 16.3 Å². The maximum Gasteiger partial charge on any atom is 0.329 e. The summed E-state index contributed by atoms with van der Waals surface area (Å²) in [6.45, 7) is 4.47. The Labute approximate surface area is 172 Å². The number of anilines is 1. The molecule has 1 aliphatic rings. The highest BCUT2D eigenvalue weighted by Gasteiger charge is 2.41. The van der Waals surface area contributed by atoms with Gasteiger partial charge in [-0.1, -0.05) is 29.3 Å². The Bertz CT molecular complexity index is 1030. The van der Waals surface area contributed by atoms with Crippen molar-refractivity contribution >= 4 is 41.0 Å². The van der Waals surface area contributed by atoms with Crippen molar-refractivity contribution in [2.24, 2.45) is 0 Å². The molecule has 8 heteroatoms. The second kappa shape index (κ2) is 8.05. The minimum Gasteiger partial charge on any atom is -0.454 e. The lowest BCUT2D eigenvalue weighted by molar-refractivity contribution is -0.150. The number of nitrogens with one attached hydrogen (secondary N) is 1. The fourth-order valence-corrected chi connectivity index (χ4v) is 3.28. The van der Waals surface area contributed by atoms with Crippen molar-refractivity contribution in [1.82, 2.24) is 4.90 Å². The van der Waals surface area contributed by atoms with Crippen LogP contribution in [0.3, 0.4) is 0 Å². The monoisotopic (exact) mass is 414 g/mol. The molecule has 0 saturated heterocycles. The summed E-state index contributed by atoms with van der Waals surface area (Å²) in [6.07, 6.45) is 0. The Morgan fingerprint density at radius 3 is 2.34 bits per heavy atom. The van der Waals surface area contributed by atoms with E-state index >= 15 is 0 Å². The minimum absolute atomic E-state index is 0.243. The van der Waals surface area contributed by atoms with E-state index in [0.717, 1.165) is 16.0 Å². The smallest absolute Gasteiger partial charge is 0.329 e. The highest BCUT2D eigenvalue weighted by Crippen LogP contribution is 2.26. The Hall–Kier alpha value is -3.19. The second-order valence-electron chi connectivity index (χ2n) is 6.84. The molecule has 0 radical (unpaired) electrons. The van der Waals surface area contributed by atoms with Gasteiger partial charge >= 0.3 is 5.97 Å². The third-order valence-electron chi connectivity index (χ3n) is 4.55. The Morgan fingerprint density at radius 1 is 1.03 bits per heavy atom. The number of nitrogens with zero attached hydrogens (tertiary/aromatic N) is 1. The number of ether oxygens (including phenoxy) is 1. The van der Waals surface area contributed by atoms with Gasteiger partial charge in [-0.15, -0.1) is 0 Å². The van der Waals surface area contributed by atoms with E-state index in [9.17, 15) is 19.2 Å². The highest BCUT2D eigenvalue weighted by atomic mass is 35.5. The zero-order valence-electron chi connectivity index (χ0n) is 16.1. The van der Waals surface area contributed by atoms with Crippen LogP contribution in [0.5, 0.6) is 0 Å². The first kappa shape index (κ1) is 20.5. The van der Waals surface area contributed by atoms with Crippen molar-refractivity contribution in [3.63, 3.8) is 0 Å². The van der Waals surface area contributed by atoms with Gasteiger partial charge in [0.1, 0.15) is 6.04 Å². The number of carbonyl (C=O) groups is 4. The van der Waals surface area contributed by atoms with Crippen LogP contribution in [0.2, 0.25) is 5.02 Å². The molecule has 0 fully saturated rings. The molecular weight excluding hydrogens is 396 g/mol. The standard InChI is InChI=1S/C21H19ClN2O5/c1-11-4-6-14-15(8-11)20(27)24(19(14)26)13(3)21(28)29-10-18(25)23-17-7-5-12(2)9-16(17)22/h4-9,13H,10H2,1-3H3,(H,23,25). The number of hydrogen-bond donors (Lipinski definition) is 1. The fourth-order valence-electron chi connectivity index (χ4n) is 3.00. The van der Waals surface area contributed by atoms with Gasteiger partial charge in [0.2, 0.25) is 0 Å². The largest absolute Gasteiger partial charge is 0.454 e. The molecule has 0 spiro atoms. The van der Waals surface area contributed by atoms with Crippen molar-refractivity contribution in [3.05, 3.63) is 63.7 Å². The molecule has 29 heavy (non-hydrogen) atoms. The third-order valence-corrected chi connectivity index (χ3v) is 4.86. The number of esters is 1. The van der Waals surface area contributed by atoms with Gasteiger partial charge in [0.15, 0.2) is 6.61 Å². The minimum atomic E-state index is -1.17. The summed E-state index contributed by atoms with van der Waals surface area (Å²) in [6, 6.07) is 8.82. The van der Waals surface area contributed by atoms with Crippen LogP contribution < -0.4 is 5.32 Å². The first-order chi connectivity index (χ1) is 13.7. The maximum atomic E-state index is 12.6.